The first-order valence-corrected chi connectivity index (χ1v) is 7.35. The highest BCUT2D eigenvalue weighted by Crippen LogP contribution is 2.21. The Balaban J connectivity index is 1.99. The zero-order valence-corrected chi connectivity index (χ0v) is 12.8. The van der Waals surface area contributed by atoms with E-state index in [4.69, 9.17) is 0 Å². The van der Waals surface area contributed by atoms with E-state index in [1.165, 1.54) is 5.56 Å². The topological polar surface area (TPSA) is 28.2 Å². The molecule has 19 heavy (non-hydrogen) atoms. The van der Waals surface area contributed by atoms with Crippen LogP contribution in [0.2, 0.25) is 0 Å². The molecule has 0 aliphatic carbocycles. The van der Waals surface area contributed by atoms with Crippen LogP contribution in [0.15, 0.2) is 29.6 Å². The van der Waals surface area contributed by atoms with Gasteiger partial charge in [-0.15, -0.1) is 11.3 Å². The van der Waals surface area contributed by atoms with E-state index in [1.807, 2.05) is 6.92 Å². The summed E-state index contributed by atoms with van der Waals surface area (Å²) in [7, 11) is 4.16. The van der Waals surface area contributed by atoms with Crippen LogP contribution >= 0.6 is 11.3 Å². The minimum absolute atomic E-state index is 0.240. The first-order valence-electron chi connectivity index (χ1n) is 6.47. The van der Waals surface area contributed by atoms with E-state index in [1.54, 1.807) is 11.3 Å². The molecule has 0 saturated heterocycles. The molecule has 0 aliphatic heterocycles. The SMILES string of the molecule is Cc1nc(C(C)Nc2ccc(CN(C)C)cc2)cs1. The van der Waals surface area contributed by atoms with Crippen molar-refractivity contribution in [2.75, 3.05) is 19.4 Å². The summed E-state index contributed by atoms with van der Waals surface area (Å²) in [4.78, 5) is 6.68. The van der Waals surface area contributed by atoms with Gasteiger partial charge in [0.15, 0.2) is 0 Å². The zero-order chi connectivity index (χ0) is 13.8. The fraction of sp³-hybridized carbons (Fsp3) is 0.400. The fourth-order valence-electron chi connectivity index (χ4n) is 1.97. The Morgan fingerprint density at radius 2 is 1.95 bits per heavy atom. The Morgan fingerprint density at radius 1 is 1.26 bits per heavy atom. The number of nitrogens with one attached hydrogen (secondary N) is 1. The van der Waals surface area contributed by atoms with Crippen LogP contribution in [0.1, 0.15) is 29.2 Å². The summed E-state index contributed by atoms with van der Waals surface area (Å²) >= 11 is 1.70. The minimum Gasteiger partial charge on any atom is -0.377 e. The van der Waals surface area contributed by atoms with Crippen molar-refractivity contribution in [3.8, 4) is 0 Å². The van der Waals surface area contributed by atoms with Gasteiger partial charge >= 0.3 is 0 Å². The molecule has 1 unspecified atom stereocenters. The number of nitrogens with zero attached hydrogens (tertiary/aromatic N) is 2. The van der Waals surface area contributed by atoms with E-state index >= 15 is 0 Å². The molecule has 0 spiro atoms. The van der Waals surface area contributed by atoms with E-state index < -0.39 is 0 Å². The molecule has 1 N–H and O–H groups in total. The second kappa shape index (κ2) is 6.17. The van der Waals surface area contributed by atoms with Crippen LogP contribution in [0.4, 0.5) is 5.69 Å². The highest BCUT2D eigenvalue weighted by Gasteiger charge is 2.08. The van der Waals surface area contributed by atoms with E-state index in [9.17, 15) is 0 Å². The molecule has 3 nitrogen and oxygen atoms in total. The first kappa shape index (κ1) is 14.0. The van der Waals surface area contributed by atoms with Crippen LogP contribution in [0.3, 0.4) is 0 Å². The summed E-state index contributed by atoms with van der Waals surface area (Å²) < 4.78 is 0. The molecular formula is C15H21N3S. The quantitative estimate of drug-likeness (QED) is 0.902. The van der Waals surface area contributed by atoms with Crippen molar-refractivity contribution in [3.63, 3.8) is 0 Å². The number of anilines is 1. The van der Waals surface area contributed by atoms with Gasteiger partial charge in [0.25, 0.3) is 0 Å². The molecule has 0 radical (unpaired) electrons. The first-order chi connectivity index (χ1) is 9.04. The third kappa shape index (κ3) is 4.04. The van der Waals surface area contributed by atoms with Crippen LogP contribution in [-0.2, 0) is 6.54 Å². The summed E-state index contributed by atoms with van der Waals surface area (Å²) in [5.41, 5.74) is 3.58. The van der Waals surface area contributed by atoms with E-state index in [0.29, 0.717) is 0 Å². The normalized spacial score (nSPS) is 12.7. The summed E-state index contributed by atoms with van der Waals surface area (Å²) in [5.74, 6) is 0. The number of aromatic nitrogens is 1. The maximum absolute atomic E-state index is 4.51. The maximum atomic E-state index is 4.51. The molecule has 2 rings (SSSR count). The van der Waals surface area contributed by atoms with Crippen LogP contribution < -0.4 is 5.32 Å². The van der Waals surface area contributed by atoms with Gasteiger partial charge in [-0.05, 0) is 45.6 Å². The molecule has 4 heteroatoms. The lowest BCUT2D eigenvalue weighted by molar-refractivity contribution is 0.402. The molecule has 1 aromatic heterocycles. The molecule has 0 aliphatic rings. The summed E-state index contributed by atoms with van der Waals surface area (Å²) in [5, 5.41) is 6.72. The van der Waals surface area contributed by atoms with Gasteiger partial charge < -0.3 is 10.2 Å². The number of hydrogen-bond donors (Lipinski definition) is 1. The monoisotopic (exact) mass is 275 g/mol. The third-order valence-corrected chi connectivity index (χ3v) is 3.71. The van der Waals surface area contributed by atoms with E-state index in [2.05, 4.69) is 65.9 Å². The van der Waals surface area contributed by atoms with Crippen molar-refractivity contribution < 1.29 is 0 Å². The molecule has 0 bridgehead atoms. The molecule has 0 fully saturated rings. The second-order valence-electron chi connectivity index (χ2n) is 5.09. The lowest BCUT2D eigenvalue weighted by Gasteiger charge is -2.14. The Labute approximate surface area is 119 Å². The maximum Gasteiger partial charge on any atom is 0.0898 e. The highest BCUT2D eigenvalue weighted by atomic mass is 32.1. The van der Waals surface area contributed by atoms with Crippen molar-refractivity contribution >= 4 is 17.0 Å². The number of rotatable bonds is 5. The third-order valence-electron chi connectivity index (χ3n) is 2.92. The lowest BCUT2D eigenvalue weighted by atomic mass is 10.2. The second-order valence-corrected chi connectivity index (χ2v) is 6.15. The van der Waals surface area contributed by atoms with Crippen molar-refractivity contribution in [2.45, 2.75) is 26.4 Å². The van der Waals surface area contributed by atoms with Gasteiger partial charge in [-0.3, -0.25) is 0 Å². The number of aryl methyl sites for hydroxylation is 1. The standard InChI is InChI=1S/C15H21N3S/c1-11(15-10-19-12(2)17-15)16-14-7-5-13(6-8-14)9-18(3)4/h5-8,10-11,16H,9H2,1-4H3. The Kier molecular flexibility index (Phi) is 4.56. The van der Waals surface area contributed by atoms with Crippen molar-refractivity contribution in [1.29, 1.82) is 0 Å². The number of hydrogen-bond acceptors (Lipinski definition) is 4. The Bertz CT molecular complexity index is 516. The lowest BCUT2D eigenvalue weighted by Crippen LogP contribution is -2.11. The average Bonchev–Trinajstić information content (AvgIpc) is 2.78. The van der Waals surface area contributed by atoms with Gasteiger partial charge in [-0.1, -0.05) is 12.1 Å². The van der Waals surface area contributed by atoms with Gasteiger partial charge in [-0.25, -0.2) is 4.98 Å². The molecule has 1 heterocycles. The van der Waals surface area contributed by atoms with Crippen molar-refractivity contribution in [2.24, 2.45) is 0 Å². The molecule has 102 valence electrons. The molecule has 1 aromatic carbocycles. The molecule has 0 amide bonds. The summed E-state index contributed by atoms with van der Waals surface area (Å²) in [6.45, 7) is 5.15. The van der Waals surface area contributed by atoms with Crippen LogP contribution in [0, 0.1) is 6.92 Å². The predicted octanol–water partition coefficient (Wildman–Crippen LogP) is 3.69. The largest absolute Gasteiger partial charge is 0.377 e. The van der Waals surface area contributed by atoms with Crippen LogP contribution in [0.5, 0.6) is 0 Å². The van der Waals surface area contributed by atoms with Crippen molar-refractivity contribution in [1.82, 2.24) is 9.88 Å². The van der Waals surface area contributed by atoms with Gasteiger partial charge in [-0.2, -0.15) is 0 Å². The van der Waals surface area contributed by atoms with Crippen molar-refractivity contribution in [3.05, 3.63) is 45.9 Å². The summed E-state index contributed by atoms with van der Waals surface area (Å²) in [6, 6.07) is 8.84. The number of thiazole rings is 1. The zero-order valence-electron chi connectivity index (χ0n) is 12.0. The Morgan fingerprint density at radius 3 is 2.47 bits per heavy atom. The van der Waals surface area contributed by atoms with Gasteiger partial charge in [0, 0.05) is 17.6 Å². The molecule has 0 saturated carbocycles. The van der Waals surface area contributed by atoms with Gasteiger partial charge in [0.1, 0.15) is 0 Å². The van der Waals surface area contributed by atoms with Crippen LogP contribution in [0.25, 0.3) is 0 Å². The van der Waals surface area contributed by atoms with Gasteiger partial charge in [0.2, 0.25) is 0 Å². The molecular weight excluding hydrogens is 254 g/mol. The van der Waals surface area contributed by atoms with Crippen LogP contribution in [-0.4, -0.2) is 24.0 Å². The van der Waals surface area contributed by atoms with Gasteiger partial charge in [0.05, 0.1) is 16.7 Å². The van der Waals surface area contributed by atoms with E-state index in [0.717, 1.165) is 22.9 Å². The average molecular weight is 275 g/mol. The predicted molar refractivity (Wildman–Crippen MR) is 82.7 cm³/mol. The highest BCUT2D eigenvalue weighted by molar-refractivity contribution is 7.09. The summed E-state index contributed by atoms with van der Waals surface area (Å²) in [6.07, 6.45) is 0. The molecule has 2 aromatic rings. The smallest absolute Gasteiger partial charge is 0.0898 e. The molecule has 1 atom stereocenters. The fourth-order valence-corrected chi connectivity index (χ4v) is 2.68. The minimum atomic E-state index is 0.240. The Hall–Kier alpha value is -1.39. The van der Waals surface area contributed by atoms with E-state index in [-0.39, 0.29) is 6.04 Å². The number of benzene rings is 1.